The van der Waals surface area contributed by atoms with Crippen molar-refractivity contribution in [2.75, 3.05) is 0 Å². The number of aromatic nitrogens is 2. The Bertz CT molecular complexity index is 966. The third-order valence-electron chi connectivity index (χ3n) is 5.13. The number of halogens is 1. The van der Waals surface area contributed by atoms with Crippen molar-refractivity contribution in [2.45, 2.75) is 39.5 Å². The molecule has 132 valence electrons. The van der Waals surface area contributed by atoms with Gasteiger partial charge < -0.3 is 0 Å². The van der Waals surface area contributed by atoms with E-state index in [-0.39, 0.29) is 5.91 Å². The number of fused-ring (bicyclic) bond motifs is 1. The number of hydrogen-bond donors (Lipinski definition) is 0. The summed E-state index contributed by atoms with van der Waals surface area (Å²) in [6, 6.07) is 13.9. The summed E-state index contributed by atoms with van der Waals surface area (Å²) in [6.07, 6.45) is 4.06. The maximum atomic E-state index is 13.3. The number of hydrogen-bond acceptors (Lipinski definition) is 2. The summed E-state index contributed by atoms with van der Waals surface area (Å²) in [5.41, 5.74) is 6.87. The molecule has 0 bridgehead atoms. The lowest BCUT2D eigenvalue weighted by atomic mass is 9.93. The number of aryl methyl sites for hydroxylation is 2. The van der Waals surface area contributed by atoms with Gasteiger partial charge in [-0.3, -0.25) is 4.79 Å². The molecule has 4 heteroatoms. The molecular formula is C22H21ClN2O. The highest BCUT2D eigenvalue weighted by Gasteiger charge is 2.26. The van der Waals surface area contributed by atoms with Crippen LogP contribution in [0.3, 0.4) is 0 Å². The van der Waals surface area contributed by atoms with E-state index in [9.17, 15) is 4.79 Å². The van der Waals surface area contributed by atoms with Crippen LogP contribution in [-0.4, -0.2) is 15.7 Å². The van der Waals surface area contributed by atoms with Crippen molar-refractivity contribution in [1.29, 1.82) is 0 Å². The van der Waals surface area contributed by atoms with Gasteiger partial charge in [0.2, 0.25) is 0 Å². The van der Waals surface area contributed by atoms with Crippen molar-refractivity contribution in [3.05, 3.63) is 75.4 Å². The number of benzene rings is 2. The van der Waals surface area contributed by atoms with Gasteiger partial charge in [-0.05, 0) is 51.2 Å². The van der Waals surface area contributed by atoms with Gasteiger partial charge in [-0.2, -0.15) is 9.78 Å². The number of nitrogens with zero attached hydrogens (tertiary/aromatic N) is 2. The highest BCUT2D eigenvalue weighted by atomic mass is 35.5. The zero-order chi connectivity index (χ0) is 18.3. The molecule has 1 aliphatic carbocycles. The normalized spacial score (nSPS) is 13.5. The van der Waals surface area contributed by atoms with Crippen LogP contribution in [0.1, 0.15) is 45.6 Å². The lowest BCUT2D eigenvalue weighted by Crippen LogP contribution is -2.19. The van der Waals surface area contributed by atoms with E-state index in [0.29, 0.717) is 10.6 Å². The third kappa shape index (κ3) is 2.86. The molecule has 0 saturated carbocycles. The molecule has 0 aliphatic heterocycles. The third-order valence-corrected chi connectivity index (χ3v) is 5.45. The van der Waals surface area contributed by atoms with Gasteiger partial charge in [0.15, 0.2) is 0 Å². The van der Waals surface area contributed by atoms with Crippen LogP contribution in [0.15, 0.2) is 42.5 Å². The van der Waals surface area contributed by atoms with Gasteiger partial charge in [0.25, 0.3) is 5.91 Å². The van der Waals surface area contributed by atoms with Gasteiger partial charge in [-0.1, -0.05) is 53.6 Å². The van der Waals surface area contributed by atoms with Crippen molar-refractivity contribution < 1.29 is 4.79 Å². The summed E-state index contributed by atoms with van der Waals surface area (Å²) in [7, 11) is 0. The van der Waals surface area contributed by atoms with Crippen molar-refractivity contribution in [3.8, 4) is 11.3 Å². The van der Waals surface area contributed by atoms with Gasteiger partial charge in [0.05, 0.1) is 22.0 Å². The van der Waals surface area contributed by atoms with E-state index in [0.717, 1.165) is 48.2 Å². The van der Waals surface area contributed by atoms with Crippen LogP contribution in [0.4, 0.5) is 0 Å². The molecule has 2 aromatic carbocycles. The Morgan fingerprint density at radius 2 is 1.77 bits per heavy atom. The second kappa shape index (κ2) is 6.73. The average Bonchev–Trinajstić information content (AvgIpc) is 3.02. The van der Waals surface area contributed by atoms with E-state index in [2.05, 4.69) is 31.2 Å². The van der Waals surface area contributed by atoms with Crippen molar-refractivity contribution in [3.63, 3.8) is 0 Å². The maximum Gasteiger partial charge on any atom is 0.280 e. The molecule has 4 rings (SSSR count). The van der Waals surface area contributed by atoms with E-state index in [1.807, 2.05) is 19.1 Å². The molecule has 26 heavy (non-hydrogen) atoms. The van der Waals surface area contributed by atoms with Crippen LogP contribution in [0.5, 0.6) is 0 Å². The molecule has 0 spiro atoms. The molecule has 1 aliphatic rings. The van der Waals surface area contributed by atoms with Gasteiger partial charge in [-0.25, -0.2) is 0 Å². The zero-order valence-electron chi connectivity index (χ0n) is 15.1. The second-order valence-corrected chi connectivity index (χ2v) is 7.40. The fourth-order valence-corrected chi connectivity index (χ4v) is 4.02. The van der Waals surface area contributed by atoms with Crippen molar-refractivity contribution in [2.24, 2.45) is 0 Å². The summed E-state index contributed by atoms with van der Waals surface area (Å²) >= 11 is 6.34. The minimum Gasteiger partial charge on any atom is -0.267 e. The monoisotopic (exact) mass is 364 g/mol. The molecule has 0 saturated heterocycles. The highest BCUT2D eigenvalue weighted by molar-refractivity contribution is 6.34. The molecule has 0 unspecified atom stereocenters. The Labute approximate surface area is 158 Å². The van der Waals surface area contributed by atoms with Crippen LogP contribution in [0, 0.1) is 13.8 Å². The minimum atomic E-state index is -0.135. The molecule has 0 atom stereocenters. The van der Waals surface area contributed by atoms with E-state index in [4.69, 9.17) is 16.7 Å². The van der Waals surface area contributed by atoms with Crippen LogP contribution in [-0.2, 0) is 12.8 Å². The SMILES string of the molecule is Cc1ccc(-c2nn(C(=O)c3c(C)cccc3Cl)c3c2CCCC3)cc1. The Balaban J connectivity index is 1.87. The Hall–Kier alpha value is -2.39. The van der Waals surface area contributed by atoms with Gasteiger partial charge >= 0.3 is 0 Å². The first-order valence-corrected chi connectivity index (χ1v) is 9.41. The average molecular weight is 365 g/mol. The highest BCUT2D eigenvalue weighted by Crippen LogP contribution is 2.32. The molecule has 1 aromatic heterocycles. The lowest BCUT2D eigenvalue weighted by molar-refractivity contribution is 0.0940. The van der Waals surface area contributed by atoms with Crippen molar-refractivity contribution in [1.82, 2.24) is 9.78 Å². The van der Waals surface area contributed by atoms with Gasteiger partial charge in [-0.15, -0.1) is 0 Å². The van der Waals surface area contributed by atoms with E-state index in [1.54, 1.807) is 10.7 Å². The Morgan fingerprint density at radius 1 is 1.04 bits per heavy atom. The first-order valence-electron chi connectivity index (χ1n) is 9.04. The fraction of sp³-hybridized carbons (Fsp3) is 0.273. The number of carbonyl (C=O) groups is 1. The summed E-state index contributed by atoms with van der Waals surface area (Å²) in [4.78, 5) is 13.3. The van der Waals surface area contributed by atoms with Crippen LogP contribution in [0.2, 0.25) is 5.02 Å². The summed E-state index contributed by atoms with van der Waals surface area (Å²) in [6.45, 7) is 3.98. The van der Waals surface area contributed by atoms with E-state index in [1.165, 1.54) is 11.1 Å². The quantitative estimate of drug-likeness (QED) is 0.611. The van der Waals surface area contributed by atoms with Crippen LogP contribution in [0.25, 0.3) is 11.3 Å². The molecule has 3 nitrogen and oxygen atoms in total. The summed E-state index contributed by atoms with van der Waals surface area (Å²) in [5.74, 6) is -0.135. The zero-order valence-corrected chi connectivity index (χ0v) is 15.8. The van der Waals surface area contributed by atoms with Gasteiger partial charge in [0, 0.05) is 11.1 Å². The predicted molar refractivity (Wildman–Crippen MR) is 105 cm³/mol. The largest absolute Gasteiger partial charge is 0.280 e. The molecule has 0 N–H and O–H groups in total. The first-order chi connectivity index (χ1) is 12.6. The Morgan fingerprint density at radius 3 is 2.50 bits per heavy atom. The van der Waals surface area contributed by atoms with Crippen LogP contribution >= 0.6 is 11.6 Å². The molecule has 0 radical (unpaired) electrons. The smallest absolute Gasteiger partial charge is 0.267 e. The summed E-state index contributed by atoms with van der Waals surface area (Å²) in [5, 5.41) is 5.24. The molecule has 0 fully saturated rings. The Kier molecular flexibility index (Phi) is 4.41. The molecular weight excluding hydrogens is 344 g/mol. The topological polar surface area (TPSA) is 34.9 Å². The van der Waals surface area contributed by atoms with Crippen LogP contribution < -0.4 is 0 Å². The standard InChI is InChI=1S/C22H21ClN2O/c1-14-10-12-16(13-11-14)21-17-7-3-4-9-19(17)25(24-21)22(26)20-15(2)6-5-8-18(20)23/h5-6,8,10-13H,3-4,7,9H2,1-2H3. The number of carbonyl (C=O) groups excluding carboxylic acids is 1. The second-order valence-electron chi connectivity index (χ2n) is 7.00. The van der Waals surface area contributed by atoms with E-state index >= 15 is 0 Å². The molecule has 1 heterocycles. The maximum absolute atomic E-state index is 13.3. The molecule has 0 amide bonds. The predicted octanol–water partition coefficient (Wildman–Crippen LogP) is 5.39. The molecule has 3 aromatic rings. The minimum absolute atomic E-state index is 0.135. The first kappa shape index (κ1) is 17.0. The lowest BCUT2D eigenvalue weighted by Gasteiger charge is -2.14. The van der Waals surface area contributed by atoms with E-state index < -0.39 is 0 Å². The summed E-state index contributed by atoms with van der Waals surface area (Å²) < 4.78 is 1.60. The van der Waals surface area contributed by atoms with Crippen molar-refractivity contribution >= 4 is 17.5 Å². The fourth-order valence-electron chi connectivity index (χ4n) is 3.72. The number of rotatable bonds is 2. The van der Waals surface area contributed by atoms with Gasteiger partial charge in [0.1, 0.15) is 0 Å².